The van der Waals surface area contributed by atoms with Gasteiger partial charge in [0.15, 0.2) is 0 Å². The molecule has 0 aliphatic rings. The Labute approximate surface area is 827 Å². The van der Waals surface area contributed by atoms with E-state index in [-0.39, 0.29) is 43.7 Å². The molecule has 0 aromatic heterocycles. The van der Waals surface area contributed by atoms with Crippen molar-refractivity contribution in [2.75, 3.05) is 34.4 Å². The summed E-state index contributed by atoms with van der Waals surface area (Å²) in [6.07, 6.45) is 0. The summed E-state index contributed by atoms with van der Waals surface area (Å²) in [5, 5.41) is 70.7. The SMILES string of the molecule is CC(C)c1ccc(Sc2ccc(C(C)C)cc2-c2ccc(N)cc2N)c(-c2ccc(N)cc2N)c1.Nc1ccc(-c2cccc(Sc3cccc(-c4ccc(N)cc4)c3Cl)c2Cl)cc1.O=[N+]([O-])c1ccc(-c2cc(Cl)ccc2Sc2ccc(Cl)cc2-c2ccc([N+](=O)[O-])cc2[N+](=O)[O-])c([N+](=O)[O-])c1.O=[N+]([O-])c1ccc(-c2cccc(Sc3cccc(-c4ccc([N+](=O)[O-])cc4)c3Cl)c2Cl)cc1. The molecule has 12 N–H and O–H groups in total. The molecule has 0 saturated carbocycles. The maximum absolute atomic E-state index is 11.8. The van der Waals surface area contributed by atoms with Crippen LogP contribution in [0.15, 0.2) is 355 Å². The van der Waals surface area contributed by atoms with Gasteiger partial charge in [0, 0.05) is 164 Å². The minimum absolute atomic E-state index is 0.00948. The van der Waals surface area contributed by atoms with Gasteiger partial charge in [-0.25, -0.2) is 0 Å². The predicted octanol–water partition coefficient (Wildman–Crippen LogP) is 31.8. The van der Waals surface area contributed by atoms with Crippen LogP contribution in [-0.4, -0.2) is 29.5 Å². The Hall–Kier alpha value is -14.1. The van der Waals surface area contributed by atoms with E-state index in [4.69, 9.17) is 104 Å². The van der Waals surface area contributed by atoms with Crippen molar-refractivity contribution in [3.05, 3.63) is 417 Å². The van der Waals surface area contributed by atoms with Crippen LogP contribution in [-0.2, 0) is 0 Å². The molecule has 0 atom stereocenters. The van der Waals surface area contributed by atoms with Crippen LogP contribution in [0.4, 0.5) is 68.2 Å². The average molecular weight is 2000 g/mol. The molecule has 24 nitrogen and oxygen atoms in total. The van der Waals surface area contributed by atoms with E-state index in [1.54, 1.807) is 59.9 Å². The van der Waals surface area contributed by atoms with Gasteiger partial charge in [0.05, 0.1) is 72.9 Å². The largest absolute Gasteiger partial charge is 0.399 e. The summed E-state index contributed by atoms with van der Waals surface area (Å²) in [5.74, 6) is 0.802. The Morgan fingerprint density at radius 3 is 0.750 bits per heavy atom. The quantitative estimate of drug-likeness (QED) is 0.0186. The standard InChI is InChI=1S/C30H34N4S.C24H12Cl2N4O8S.C24H14Cl2N2O4S.C24H18Cl2N2S/c1-17(2)19-5-11-29(25(13-19)23-9-7-21(31)15-27(23)33)35-30-12-6-20(18(3)4)14-26(30)24-10-8-22(32)16-28(24)34;25-13-1-7-23(19(9-13)17-5-3-15(27(31)32)11-21(17)29(35)36)39-24-8-2-14(26)10-20(24)18-6-4-16(28(33)34)12-22(18)30(37)38;25-23-19(15-7-11-17(12-8-15)27(29)30)3-1-5-21(23)33-22-6-2-4-20(24(22)26)16-9-13-18(14-10-16)28(31)32;25-23-19(15-7-11-17(27)12-8-15)3-1-5-21(23)29-22-6-2-4-20(24(22)26)16-9-13-18(28)14-10-16/h5-18H,31-34H2,1-4H3;1-12H;1-14H;1-14H,27-28H2. The van der Waals surface area contributed by atoms with Crippen molar-refractivity contribution >= 4 is 185 Å². The number of nitrogen functional groups attached to an aromatic ring is 6. The maximum Gasteiger partial charge on any atom is 0.284 e. The first kappa shape index (κ1) is 99.3. The van der Waals surface area contributed by atoms with Crippen molar-refractivity contribution in [3.63, 3.8) is 0 Å². The number of nitro groups is 6. The van der Waals surface area contributed by atoms with Gasteiger partial charge in [0.2, 0.25) is 0 Å². The summed E-state index contributed by atoms with van der Waals surface area (Å²) >= 11 is 45.0. The normalized spacial score (nSPS) is 10.9. The third kappa shape index (κ3) is 24.0. The third-order valence-electron chi connectivity index (χ3n) is 21.3. The van der Waals surface area contributed by atoms with Crippen molar-refractivity contribution in [1.82, 2.24) is 0 Å². The van der Waals surface area contributed by atoms with Crippen LogP contribution in [0.25, 0.3) is 89.0 Å². The Bertz CT molecular complexity index is 6900. The van der Waals surface area contributed by atoms with E-state index in [2.05, 4.69) is 64.1 Å². The van der Waals surface area contributed by atoms with Gasteiger partial charge in [-0.2, -0.15) is 0 Å². The summed E-state index contributed by atoms with van der Waals surface area (Å²) in [6.45, 7) is 8.80. The molecule has 0 spiro atoms. The molecule has 16 aromatic carbocycles. The van der Waals surface area contributed by atoms with E-state index >= 15 is 0 Å². The van der Waals surface area contributed by atoms with E-state index in [0.717, 1.165) is 144 Å². The second-order valence-electron chi connectivity index (χ2n) is 31.0. The van der Waals surface area contributed by atoms with Gasteiger partial charge < -0.3 is 34.4 Å². The molecular formula is C102H78Cl6N12O12S4. The van der Waals surface area contributed by atoms with Gasteiger partial charge in [-0.05, 0) is 226 Å². The van der Waals surface area contributed by atoms with Crippen LogP contribution >= 0.6 is 117 Å². The molecule has 0 aliphatic heterocycles. The molecule has 0 bridgehead atoms. The first-order chi connectivity index (χ1) is 65.0. The minimum Gasteiger partial charge on any atom is -0.399 e. The molecule has 0 radical (unpaired) electrons. The number of nitrogens with zero attached hydrogens (tertiary/aromatic N) is 6. The van der Waals surface area contributed by atoms with Gasteiger partial charge >= 0.3 is 0 Å². The number of hydrogen-bond donors (Lipinski definition) is 6. The van der Waals surface area contributed by atoms with Crippen LogP contribution in [0.5, 0.6) is 0 Å². The van der Waals surface area contributed by atoms with Crippen LogP contribution in [0.3, 0.4) is 0 Å². The lowest BCUT2D eigenvalue weighted by Gasteiger charge is -2.19. The molecule has 684 valence electrons. The molecule has 0 aliphatic carbocycles. The van der Waals surface area contributed by atoms with Crippen molar-refractivity contribution in [1.29, 1.82) is 0 Å². The van der Waals surface area contributed by atoms with Crippen LogP contribution in [0.1, 0.15) is 50.7 Å². The molecule has 0 saturated heterocycles. The lowest BCUT2D eigenvalue weighted by Crippen LogP contribution is -1.98. The summed E-state index contributed by atoms with van der Waals surface area (Å²) in [7, 11) is 0. The fourth-order valence-electron chi connectivity index (χ4n) is 14.3. The highest BCUT2D eigenvalue weighted by Crippen LogP contribution is 2.52. The van der Waals surface area contributed by atoms with Crippen LogP contribution in [0, 0.1) is 60.7 Å². The molecule has 34 heteroatoms. The van der Waals surface area contributed by atoms with Crippen molar-refractivity contribution in [2.45, 2.75) is 78.7 Å². The molecule has 136 heavy (non-hydrogen) atoms. The first-order valence-corrected chi connectivity index (χ1v) is 46.6. The Morgan fingerprint density at radius 1 is 0.228 bits per heavy atom. The van der Waals surface area contributed by atoms with Gasteiger partial charge in [-0.3, -0.25) is 60.7 Å². The number of rotatable bonds is 24. The Morgan fingerprint density at radius 2 is 0.478 bits per heavy atom. The number of nitro benzene ring substituents is 6. The van der Waals surface area contributed by atoms with Crippen LogP contribution < -0.4 is 34.4 Å². The van der Waals surface area contributed by atoms with Crippen LogP contribution in [0.2, 0.25) is 30.1 Å². The second-order valence-corrected chi connectivity index (χ2v) is 37.7. The molecule has 0 amide bonds. The van der Waals surface area contributed by atoms with E-state index < -0.39 is 52.3 Å². The fourth-order valence-corrected chi connectivity index (χ4v) is 20.0. The Kier molecular flexibility index (Phi) is 32.4. The number of anilines is 6. The Balaban J connectivity index is 0.000000154. The molecule has 0 unspecified atom stereocenters. The van der Waals surface area contributed by atoms with E-state index in [1.807, 2.05) is 158 Å². The summed E-state index contributed by atoms with van der Waals surface area (Å²) < 4.78 is 0. The molecule has 0 fully saturated rings. The highest BCUT2D eigenvalue weighted by Gasteiger charge is 2.28. The number of non-ortho nitro benzene ring substituents is 4. The van der Waals surface area contributed by atoms with Crippen molar-refractivity contribution in [2.24, 2.45) is 0 Å². The predicted molar refractivity (Wildman–Crippen MR) is 556 cm³/mol. The lowest BCUT2D eigenvalue weighted by molar-refractivity contribution is -0.394. The second kappa shape index (κ2) is 44.4. The highest BCUT2D eigenvalue weighted by atomic mass is 35.5. The van der Waals surface area contributed by atoms with Gasteiger partial charge in [0.25, 0.3) is 34.1 Å². The smallest absolute Gasteiger partial charge is 0.284 e. The highest BCUT2D eigenvalue weighted by molar-refractivity contribution is 8.00. The number of hydrogen-bond acceptors (Lipinski definition) is 22. The van der Waals surface area contributed by atoms with Crippen molar-refractivity contribution < 1.29 is 29.5 Å². The first-order valence-electron chi connectivity index (χ1n) is 41.1. The average Bonchev–Trinajstić information content (AvgIpc) is 0.770. The molecule has 16 aromatic rings. The van der Waals surface area contributed by atoms with E-state index in [1.165, 1.54) is 83.6 Å². The van der Waals surface area contributed by atoms with Gasteiger partial charge in [0.1, 0.15) is 0 Å². The zero-order chi connectivity index (χ0) is 97.6. The molecule has 0 heterocycles. The lowest BCUT2D eigenvalue weighted by atomic mass is 9.96. The van der Waals surface area contributed by atoms with Gasteiger partial charge in [-0.15, -0.1) is 0 Å². The van der Waals surface area contributed by atoms with E-state index in [0.29, 0.717) is 64.5 Å². The molecular weight excluding hydrogens is 1930 g/mol. The zero-order valence-corrected chi connectivity index (χ0v) is 79.9. The maximum atomic E-state index is 11.8. The third-order valence-corrected chi connectivity index (χ3v) is 28.4. The fraction of sp³-hybridized carbons (Fsp3) is 0.0588. The number of nitrogens with two attached hydrogens (primary N) is 6. The van der Waals surface area contributed by atoms with E-state index in [9.17, 15) is 60.7 Å². The summed E-state index contributed by atoms with van der Waals surface area (Å²) in [4.78, 5) is 70.4. The summed E-state index contributed by atoms with van der Waals surface area (Å²) in [6, 6.07) is 91.3. The zero-order valence-electron chi connectivity index (χ0n) is 72.1. The topological polar surface area (TPSA) is 415 Å². The number of halogens is 6. The minimum atomic E-state index is -0.749. The van der Waals surface area contributed by atoms with Crippen molar-refractivity contribution in [3.8, 4) is 89.0 Å². The van der Waals surface area contributed by atoms with Gasteiger partial charge in [-0.1, -0.05) is 241 Å². The number of benzene rings is 16. The molecule has 16 rings (SSSR count). The summed E-state index contributed by atoms with van der Waals surface area (Å²) in [5.41, 5.74) is 53.0. The monoisotopic (exact) mass is 2000 g/mol.